The molecule has 2 heteroatoms. The quantitative estimate of drug-likeness (QED) is 0.674. The predicted octanol–water partition coefficient (Wildman–Crippen LogP) is 5.40. The molecule has 118 valence electrons. The second-order valence-corrected chi connectivity index (χ2v) is 6.84. The topological polar surface area (TPSA) is 6.48 Å². The van der Waals surface area contributed by atoms with Crippen LogP contribution < -0.4 is 4.90 Å². The first-order valence-corrected chi connectivity index (χ1v) is 8.65. The summed E-state index contributed by atoms with van der Waals surface area (Å²) in [5, 5.41) is 0. The van der Waals surface area contributed by atoms with Gasteiger partial charge in [0, 0.05) is 30.8 Å². The lowest BCUT2D eigenvalue weighted by Gasteiger charge is -2.32. The van der Waals surface area contributed by atoms with E-state index in [1.165, 1.54) is 60.9 Å². The van der Waals surface area contributed by atoms with Gasteiger partial charge in [0.25, 0.3) is 0 Å². The summed E-state index contributed by atoms with van der Waals surface area (Å²) in [5.41, 5.74) is 5.34. The van der Waals surface area contributed by atoms with E-state index in [0.717, 1.165) is 0 Å². The average Bonchev–Trinajstić information content (AvgIpc) is 2.76. The summed E-state index contributed by atoms with van der Waals surface area (Å²) in [4.78, 5) is 4.68. The van der Waals surface area contributed by atoms with Gasteiger partial charge in [0.2, 0.25) is 0 Å². The number of hydrogen-bond acceptors (Lipinski definition) is 2. The van der Waals surface area contributed by atoms with Crippen molar-refractivity contribution in [2.75, 3.05) is 4.90 Å². The van der Waals surface area contributed by atoms with Gasteiger partial charge in [-0.1, -0.05) is 43.4 Å². The van der Waals surface area contributed by atoms with Crippen molar-refractivity contribution in [2.45, 2.75) is 65.3 Å². The molecule has 3 rings (SSSR count). The minimum absolute atomic E-state index is 0.692. The van der Waals surface area contributed by atoms with Crippen molar-refractivity contribution in [3.63, 3.8) is 0 Å². The molecule has 0 unspecified atom stereocenters. The fraction of sp³-hybridized carbons (Fsp3) is 0.500. The number of nitrogens with zero attached hydrogens (tertiary/aromatic N) is 2. The third-order valence-electron chi connectivity index (χ3n) is 4.94. The van der Waals surface area contributed by atoms with Crippen LogP contribution in [0.2, 0.25) is 0 Å². The molecule has 0 radical (unpaired) electrons. The van der Waals surface area contributed by atoms with E-state index in [2.05, 4.69) is 67.5 Å². The number of rotatable bonds is 2. The summed E-state index contributed by atoms with van der Waals surface area (Å²) in [6.07, 6.45) is 17.2. The highest BCUT2D eigenvalue weighted by Crippen LogP contribution is 2.30. The first-order valence-electron chi connectivity index (χ1n) is 8.65. The van der Waals surface area contributed by atoms with Crippen molar-refractivity contribution in [1.29, 1.82) is 0 Å². The highest BCUT2D eigenvalue weighted by molar-refractivity contribution is 5.64. The first-order chi connectivity index (χ1) is 10.6. The molecular weight excluding hydrogens is 268 g/mol. The van der Waals surface area contributed by atoms with E-state index in [1.807, 2.05) is 0 Å². The zero-order valence-electron chi connectivity index (χ0n) is 14.2. The van der Waals surface area contributed by atoms with E-state index in [-0.39, 0.29) is 0 Å². The van der Waals surface area contributed by atoms with Crippen molar-refractivity contribution in [3.05, 3.63) is 53.6 Å². The first kappa shape index (κ1) is 15.2. The zero-order valence-corrected chi connectivity index (χ0v) is 14.2. The minimum Gasteiger partial charge on any atom is -0.348 e. The van der Waals surface area contributed by atoms with E-state index in [0.29, 0.717) is 6.04 Å². The summed E-state index contributed by atoms with van der Waals surface area (Å²) < 4.78 is 0. The molecule has 0 spiro atoms. The molecule has 0 bridgehead atoms. The Bertz CT molecular complexity index is 540. The van der Waals surface area contributed by atoms with Crippen LogP contribution in [0.3, 0.4) is 0 Å². The SMILES string of the molecule is Cc1cc(C)c(N2C=CN(C3CCCCCC3)C=C2)c(C)c1. The van der Waals surface area contributed by atoms with Gasteiger partial charge in [-0.3, -0.25) is 0 Å². The Morgan fingerprint density at radius 2 is 1.32 bits per heavy atom. The van der Waals surface area contributed by atoms with Gasteiger partial charge >= 0.3 is 0 Å². The zero-order chi connectivity index (χ0) is 15.5. The second-order valence-electron chi connectivity index (χ2n) is 6.84. The van der Waals surface area contributed by atoms with Crippen molar-refractivity contribution in [2.24, 2.45) is 0 Å². The van der Waals surface area contributed by atoms with Gasteiger partial charge in [-0.15, -0.1) is 0 Å². The monoisotopic (exact) mass is 296 g/mol. The summed E-state index contributed by atoms with van der Waals surface area (Å²) in [6, 6.07) is 5.22. The van der Waals surface area contributed by atoms with Crippen LogP contribution in [-0.4, -0.2) is 10.9 Å². The van der Waals surface area contributed by atoms with Crippen LogP contribution in [0.1, 0.15) is 55.2 Å². The molecule has 2 aliphatic rings. The Morgan fingerprint density at radius 1 is 0.773 bits per heavy atom. The Balaban J connectivity index is 1.75. The second kappa shape index (κ2) is 6.60. The van der Waals surface area contributed by atoms with Crippen LogP contribution in [-0.2, 0) is 0 Å². The van der Waals surface area contributed by atoms with E-state index in [1.54, 1.807) is 0 Å². The van der Waals surface area contributed by atoms with E-state index in [4.69, 9.17) is 0 Å². The van der Waals surface area contributed by atoms with Crippen LogP contribution >= 0.6 is 0 Å². The highest BCUT2D eigenvalue weighted by Gasteiger charge is 2.19. The van der Waals surface area contributed by atoms with Crippen LogP contribution in [0.5, 0.6) is 0 Å². The molecular formula is C20H28N2. The number of hydrogen-bond donors (Lipinski definition) is 0. The van der Waals surface area contributed by atoms with Gasteiger partial charge in [0.05, 0.1) is 5.69 Å². The number of anilines is 1. The maximum atomic E-state index is 2.42. The van der Waals surface area contributed by atoms with Gasteiger partial charge in [-0.2, -0.15) is 0 Å². The third-order valence-corrected chi connectivity index (χ3v) is 4.94. The molecule has 1 saturated carbocycles. The van der Waals surface area contributed by atoms with Crippen molar-refractivity contribution in [1.82, 2.24) is 4.90 Å². The van der Waals surface area contributed by atoms with Gasteiger partial charge < -0.3 is 9.80 Å². The average molecular weight is 296 g/mol. The van der Waals surface area contributed by atoms with E-state index < -0.39 is 0 Å². The fourth-order valence-corrected chi connectivity index (χ4v) is 3.93. The standard InChI is InChI=1S/C20H28N2/c1-16-14-17(2)20(18(3)15-16)22-12-10-21(11-13-22)19-8-6-4-5-7-9-19/h10-15,19H,4-9H2,1-3H3. The smallest absolute Gasteiger partial charge is 0.0509 e. The molecule has 1 aliphatic heterocycles. The lowest BCUT2D eigenvalue weighted by atomic mass is 10.0. The van der Waals surface area contributed by atoms with Crippen molar-refractivity contribution in [3.8, 4) is 0 Å². The van der Waals surface area contributed by atoms with Crippen molar-refractivity contribution < 1.29 is 0 Å². The lowest BCUT2D eigenvalue weighted by molar-refractivity contribution is 0.325. The molecule has 2 nitrogen and oxygen atoms in total. The van der Waals surface area contributed by atoms with Gasteiger partial charge in [0.1, 0.15) is 0 Å². The number of benzene rings is 1. The fourth-order valence-electron chi connectivity index (χ4n) is 3.93. The van der Waals surface area contributed by atoms with Crippen LogP contribution in [0.15, 0.2) is 36.9 Å². The Hall–Kier alpha value is -1.70. The maximum Gasteiger partial charge on any atom is 0.0509 e. The molecule has 0 amide bonds. The molecule has 0 aromatic heterocycles. The highest BCUT2D eigenvalue weighted by atomic mass is 15.2. The maximum absolute atomic E-state index is 2.42. The largest absolute Gasteiger partial charge is 0.348 e. The van der Waals surface area contributed by atoms with Gasteiger partial charge in [-0.05, 0) is 44.7 Å². The summed E-state index contributed by atoms with van der Waals surface area (Å²) in [7, 11) is 0. The molecule has 1 heterocycles. The van der Waals surface area contributed by atoms with Gasteiger partial charge in [-0.25, -0.2) is 0 Å². The van der Waals surface area contributed by atoms with Gasteiger partial charge in [0.15, 0.2) is 0 Å². The molecule has 0 N–H and O–H groups in total. The van der Waals surface area contributed by atoms with E-state index in [9.17, 15) is 0 Å². The Morgan fingerprint density at radius 3 is 1.86 bits per heavy atom. The van der Waals surface area contributed by atoms with Crippen LogP contribution in [0.25, 0.3) is 0 Å². The van der Waals surface area contributed by atoms with E-state index >= 15 is 0 Å². The normalized spacial score (nSPS) is 19.6. The minimum atomic E-state index is 0.692. The molecule has 1 aromatic carbocycles. The number of aryl methyl sites for hydroxylation is 3. The van der Waals surface area contributed by atoms with Crippen molar-refractivity contribution >= 4 is 5.69 Å². The third kappa shape index (κ3) is 3.21. The van der Waals surface area contributed by atoms with Crippen LogP contribution in [0.4, 0.5) is 5.69 Å². The molecule has 0 atom stereocenters. The lowest BCUT2D eigenvalue weighted by Crippen LogP contribution is -2.29. The summed E-state index contributed by atoms with van der Waals surface area (Å²) in [5.74, 6) is 0. The summed E-state index contributed by atoms with van der Waals surface area (Å²) >= 11 is 0. The van der Waals surface area contributed by atoms with Crippen LogP contribution in [0, 0.1) is 20.8 Å². The molecule has 1 fully saturated rings. The predicted molar refractivity (Wildman–Crippen MR) is 94.7 cm³/mol. The molecule has 0 saturated heterocycles. The Kier molecular flexibility index (Phi) is 4.56. The molecule has 1 aliphatic carbocycles. The summed E-state index contributed by atoms with van der Waals surface area (Å²) in [6.45, 7) is 6.57. The molecule has 22 heavy (non-hydrogen) atoms. The molecule has 1 aromatic rings. The Labute approximate surface area is 135 Å².